The Morgan fingerprint density at radius 3 is 1.96 bits per heavy atom. The molecule has 2 nitrogen and oxygen atoms in total. The number of nitrogens with one attached hydrogen (secondary N) is 1. The van der Waals surface area contributed by atoms with Gasteiger partial charge in [-0.3, -0.25) is 4.79 Å². The summed E-state index contributed by atoms with van der Waals surface area (Å²) < 4.78 is 77.7. The largest absolute Gasteiger partial charge is 0.416 e. The maximum Gasteiger partial charge on any atom is 0.416 e. The van der Waals surface area contributed by atoms with Crippen molar-refractivity contribution in [2.75, 3.05) is 5.32 Å². The third kappa shape index (κ3) is 5.02. The second kappa shape index (κ2) is 7.62. The fraction of sp³-hybridized carbons (Fsp3) is 0.316. The quantitative estimate of drug-likeness (QED) is 0.595. The van der Waals surface area contributed by atoms with Crippen LogP contribution < -0.4 is 5.32 Å². The van der Waals surface area contributed by atoms with Crippen molar-refractivity contribution in [2.45, 2.75) is 38.5 Å². The van der Waals surface area contributed by atoms with Gasteiger partial charge in [-0.15, -0.1) is 0 Å². The number of hydrogen-bond acceptors (Lipinski definition) is 1. The fourth-order valence-electron chi connectivity index (χ4n) is 2.54. The Labute approximate surface area is 152 Å². The number of amides is 1. The number of benzene rings is 2. The molecule has 1 N–H and O–H groups in total. The Balaban J connectivity index is 2.45. The summed E-state index contributed by atoms with van der Waals surface area (Å²) in [6, 6.07) is 7.48. The van der Waals surface area contributed by atoms with E-state index in [1.54, 1.807) is 24.3 Å². The summed E-state index contributed by atoms with van der Waals surface area (Å²) in [4.78, 5) is 12.4. The number of rotatable bonds is 4. The third-order valence-electron chi connectivity index (χ3n) is 4.20. The van der Waals surface area contributed by atoms with Crippen LogP contribution in [0.2, 0.25) is 0 Å². The normalized spacial score (nSPS) is 13.3. The van der Waals surface area contributed by atoms with Gasteiger partial charge in [0.2, 0.25) is 0 Å². The highest BCUT2D eigenvalue weighted by atomic mass is 19.4. The van der Waals surface area contributed by atoms with Crippen molar-refractivity contribution < 1.29 is 31.1 Å². The van der Waals surface area contributed by atoms with Crippen LogP contribution in [-0.2, 0) is 12.4 Å². The number of carbonyl (C=O) groups is 1. The maximum absolute atomic E-state index is 12.9. The topological polar surface area (TPSA) is 29.1 Å². The molecule has 0 aliphatic carbocycles. The van der Waals surface area contributed by atoms with Gasteiger partial charge >= 0.3 is 12.4 Å². The molecule has 0 heterocycles. The zero-order valence-corrected chi connectivity index (χ0v) is 14.5. The number of hydrogen-bond donors (Lipinski definition) is 1. The molecule has 2 aromatic carbocycles. The zero-order valence-electron chi connectivity index (χ0n) is 14.5. The number of carbonyl (C=O) groups excluding carboxylic acids is 1. The first-order valence-corrected chi connectivity index (χ1v) is 8.13. The molecule has 0 aliphatic heterocycles. The standard InChI is InChI=1S/C19H17F6NO/c1-3-11(2)15-6-4-5-7-16(15)26-17(27)12-8-13(18(20,21)22)10-14(9-12)19(23,24)25/h4-11H,3H2,1-2H3,(H,26,27)/t11-/m0/s1. The van der Waals surface area contributed by atoms with Crippen LogP contribution in [0.4, 0.5) is 32.0 Å². The highest BCUT2D eigenvalue weighted by molar-refractivity contribution is 6.05. The zero-order chi connectivity index (χ0) is 20.4. The molecule has 1 atom stereocenters. The van der Waals surface area contributed by atoms with Gasteiger partial charge in [0.05, 0.1) is 11.1 Å². The summed E-state index contributed by atoms with van der Waals surface area (Å²) in [6.07, 6.45) is -9.27. The molecule has 0 aliphatic rings. The van der Waals surface area contributed by atoms with Gasteiger partial charge in [-0.2, -0.15) is 26.3 Å². The summed E-state index contributed by atoms with van der Waals surface area (Å²) >= 11 is 0. The molecule has 0 unspecified atom stereocenters. The minimum atomic E-state index is -5.01. The van der Waals surface area contributed by atoms with E-state index in [1.165, 1.54) is 0 Å². The monoisotopic (exact) mass is 389 g/mol. The molecule has 27 heavy (non-hydrogen) atoms. The third-order valence-corrected chi connectivity index (χ3v) is 4.20. The van der Waals surface area contributed by atoms with Crippen molar-refractivity contribution in [2.24, 2.45) is 0 Å². The molecule has 2 rings (SSSR count). The molecular formula is C19H17F6NO. The summed E-state index contributed by atoms with van der Waals surface area (Å²) in [6.45, 7) is 3.82. The van der Waals surface area contributed by atoms with E-state index < -0.39 is 35.0 Å². The number of anilines is 1. The fourth-order valence-corrected chi connectivity index (χ4v) is 2.54. The average molecular weight is 389 g/mol. The van der Waals surface area contributed by atoms with Gasteiger partial charge in [0.1, 0.15) is 0 Å². The van der Waals surface area contributed by atoms with Crippen LogP contribution in [0.1, 0.15) is 53.2 Å². The minimum Gasteiger partial charge on any atom is -0.322 e. The molecule has 146 valence electrons. The van der Waals surface area contributed by atoms with Crippen LogP contribution in [0.3, 0.4) is 0 Å². The summed E-state index contributed by atoms with van der Waals surface area (Å²) in [5.74, 6) is -0.990. The van der Waals surface area contributed by atoms with Crippen LogP contribution in [0.25, 0.3) is 0 Å². The molecule has 0 saturated carbocycles. The molecule has 0 fully saturated rings. The van der Waals surface area contributed by atoms with Gasteiger partial charge in [0.15, 0.2) is 0 Å². The Bertz CT molecular complexity index is 793. The number of alkyl halides is 6. The van der Waals surface area contributed by atoms with Crippen molar-refractivity contribution in [3.8, 4) is 0 Å². The molecular weight excluding hydrogens is 372 g/mol. The molecule has 1 amide bonds. The van der Waals surface area contributed by atoms with Crippen LogP contribution in [0.5, 0.6) is 0 Å². The van der Waals surface area contributed by atoms with E-state index in [1.807, 2.05) is 13.8 Å². The van der Waals surface area contributed by atoms with Crippen molar-refractivity contribution in [1.82, 2.24) is 0 Å². The van der Waals surface area contributed by atoms with Crippen LogP contribution in [-0.4, -0.2) is 5.91 Å². The van der Waals surface area contributed by atoms with E-state index in [-0.39, 0.29) is 12.0 Å². The first-order chi connectivity index (χ1) is 12.4. The van der Waals surface area contributed by atoms with Crippen LogP contribution in [0, 0.1) is 0 Å². The number of para-hydroxylation sites is 1. The predicted molar refractivity (Wildman–Crippen MR) is 89.5 cm³/mol. The van der Waals surface area contributed by atoms with E-state index >= 15 is 0 Å². The average Bonchev–Trinajstić information content (AvgIpc) is 2.59. The molecule has 8 heteroatoms. The van der Waals surface area contributed by atoms with Crippen molar-refractivity contribution >= 4 is 11.6 Å². The second-order valence-electron chi connectivity index (χ2n) is 6.15. The van der Waals surface area contributed by atoms with Gasteiger partial charge in [-0.25, -0.2) is 0 Å². The molecule has 0 saturated heterocycles. The molecule has 0 bridgehead atoms. The Morgan fingerprint density at radius 1 is 0.963 bits per heavy atom. The first kappa shape index (κ1) is 20.8. The lowest BCUT2D eigenvalue weighted by Crippen LogP contribution is -2.18. The summed E-state index contributed by atoms with van der Waals surface area (Å²) in [7, 11) is 0. The second-order valence-corrected chi connectivity index (χ2v) is 6.15. The maximum atomic E-state index is 12.9. The van der Waals surface area contributed by atoms with E-state index in [9.17, 15) is 31.1 Å². The van der Waals surface area contributed by atoms with Gasteiger partial charge in [-0.05, 0) is 42.2 Å². The molecule has 2 aromatic rings. The highest BCUT2D eigenvalue weighted by Crippen LogP contribution is 2.36. The Kier molecular flexibility index (Phi) is 5.87. The molecule has 0 aromatic heterocycles. The Hall–Kier alpha value is -2.51. The minimum absolute atomic E-state index is 0.0100. The first-order valence-electron chi connectivity index (χ1n) is 8.13. The molecule has 0 radical (unpaired) electrons. The SMILES string of the molecule is CC[C@H](C)c1ccccc1NC(=O)c1cc(C(F)(F)F)cc(C(F)(F)F)c1. The van der Waals surface area contributed by atoms with E-state index in [0.717, 1.165) is 12.0 Å². The van der Waals surface area contributed by atoms with Gasteiger partial charge in [0.25, 0.3) is 5.91 Å². The van der Waals surface area contributed by atoms with Crippen molar-refractivity contribution in [1.29, 1.82) is 0 Å². The van der Waals surface area contributed by atoms with E-state index in [2.05, 4.69) is 5.32 Å². The molecule has 0 spiro atoms. The lowest BCUT2D eigenvalue weighted by Gasteiger charge is -2.17. The number of halogens is 6. The lowest BCUT2D eigenvalue weighted by atomic mass is 9.96. The van der Waals surface area contributed by atoms with Crippen LogP contribution in [0.15, 0.2) is 42.5 Å². The Morgan fingerprint density at radius 2 is 1.48 bits per heavy atom. The van der Waals surface area contributed by atoms with Gasteiger partial charge in [0, 0.05) is 11.3 Å². The highest BCUT2D eigenvalue weighted by Gasteiger charge is 2.37. The van der Waals surface area contributed by atoms with E-state index in [0.29, 0.717) is 17.8 Å². The van der Waals surface area contributed by atoms with E-state index in [4.69, 9.17) is 0 Å². The lowest BCUT2D eigenvalue weighted by molar-refractivity contribution is -0.143. The summed E-state index contributed by atoms with van der Waals surface area (Å²) in [5, 5.41) is 2.43. The van der Waals surface area contributed by atoms with Crippen molar-refractivity contribution in [3.63, 3.8) is 0 Å². The van der Waals surface area contributed by atoms with Crippen molar-refractivity contribution in [3.05, 3.63) is 64.7 Å². The summed E-state index contributed by atoms with van der Waals surface area (Å²) in [5.41, 5.74) is -2.68. The smallest absolute Gasteiger partial charge is 0.322 e. The van der Waals surface area contributed by atoms with Gasteiger partial charge in [-0.1, -0.05) is 32.0 Å². The van der Waals surface area contributed by atoms with Crippen LogP contribution >= 0.6 is 0 Å². The van der Waals surface area contributed by atoms with Gasteiger partial charge < -0.3 is 5.32 Å². The predicted octanol–water partition coefficient (Wildman–Crippen LogP) is 6.49.